The van der Waals surface area contributed by atoms with Crippen LogP contribution in [0.15, 0.2) is 0 Å². The molecule has 1 unspecified atom stereocenters. The van der Waals surface area contributed by atoms with Crippen LogP contribution in [0.4, 0.5) is 0 Å². The SMILES string of the molecule is CC1CCC(=S)C1(C)C. The summed E-state index contributed by atoms with van der Waals surface area (Å²) in [4.78, 5) is 1.27. The molecule has 1 heteroatoms. The Kier molecular flexibility index (Phi) is 1.64. The van der Waals surface area contributed by atoms with Gasteiger partial charge in [0.05, 0.1) is 0 Å². The maximum absolute atomic E-state index is 5.23. The largest absolute Gasteiger partial charge is 0.0891 e. The fourth-order valence-corrected chi connectivity index (χ4v) is 1.62. The molecule has 0 aliphatic heterocycles. The van der Waals surface area contributed by atoms with Crippen LogP contribution in [0, 0.1) is 11.3 Å². The minimum atomic E-state index is 0.343. The summed E-state index contributed by atoms with van der Waals surface area (Å²) in [6.07, 6.45) is 2.47. The highest BCUT2D eigenvalue weighted by Crippen LogP contribution is 2.39. The summed E-state index contributed by atoms with van der Waals surface area (Å²) in [6, 6.07) is 0. The van der Waals surface area contributed by atoms with Gasteiger partial charge in [-0.05, 0) is 29.0 Å². The fourth-order valence-electron chi connectivity index (χ4n) is 1.31. The third kappa shape index (κ3) is 1.03. The highest BCUT2D eigenvalue weighted by molar-refractivity contribution is 7.80. The van der Waals surface area contributed by atoms with Crippen molar-refractivity contribution >= 4 is 17.1 Å². The van der Waals surface area contributed by atoms with E-state index < -0.39 is 0 Å². The van der Waals surface area contributed by atoms with Crippen LogP contribution in [0.3, 0.4) is 0 Å². The lowest BCUT2D eigenvalue weighted by Crippen LogP contribution is -2.21. The molecule has 0 radical (unpaired) electrons. The van der Waals surface area contributed by atoms with E-state index in [9.17, 15) is 0 Å². The molecule has 1 rings (SSSR count). The average molecular weight is 142 g/mol. The van der Waals surface area contributed by atoms with Crippen molar-refractivity contribution in [3.63, 3.8) is 0 Å². The van der Waals surface area contributed by atoms with Gasteiger partial charge in [0.2, 0.25) is 0 Å². The van der Waals surface area contributed by atoms with Crippen molar-refractivity contribution < 1.29 is 0 Å². The first kappa shape index (κ1) is 7.20. The van der Waals surface area contributed by atoms with Crippen molar-refractivity contribution in [2.24, 2.45) is 11.3 Å². The van der Waals surface area contributed by atoms with E-state index in [1.54, 1.807) is 0 Å². The Morgan fingerprint density at radius 3 is 2.22 bits per heavy atom. The number of thiocarbonyl (C=S) groups is 1. The molecule has 0 nitrogen and oxygen atoms in total. The highest BCUT2D eigenvalue weighted by atomic mass is 32.1. The van der Waals surface area contributed by atoms with Crippen molar-refractivity contribution in [3.05, 3.63) is 0 Å². The Bertz CT molecular complexity index is 136. The van der Waals surface area contributed by atoms with Crippen LogP contribution in [-0.4, -0.2) is 4.86 Å². The Morgan fingerprint density at radius 2 is 2.11 bits per heavy atom. The summed E-state index contributed by atoms with van der Waals surface area (Å²) in [7, 11) is 0. The van der Waals surface area contributed by atoms with E-state index in [1.165, 1.54) is 17.7 Å². The normalized spacial score (nSPS) is 33.2. The van der Waals surface area contributed by atoms with Gasteiger partial charge in [0.1, 0.15) is 0 Å². The Morgan fingerprint density at radius 1 is 1.56 bits per heavy atom. The molecule has 52 valence electrons. The second-order valence-electron chi connectivity index (χ2n) is 3.58. The lowest BCUT2D eigenvalue weighted by Gasteiger charge is -2.23. The molecule has 0 heterocycles. The van der Waals surface area contributed by atoms with Crippen molar-refractivity contribution in [3.8, 4) is 0 Å². The molecule has 1 fully saturated rings. The molecule has 1 saturated carbocycles. The standard InChI is InChI=1S/C8H14S/c1-6-4-5-7(9)8(6,2)3/h6H,4-5H2,1-3H3. The molecule has 0 spiro atoms. The lowest BCUT2D eigenvalue weighted by molar-refractivity contribution is 0.366. The van der Waals surface area contributed by atoms with E-state index >= 15 is 0 Å². The van der Waals surface area contributed by atoms with E-state index in [4.69, 9.17) is 12.2 Å². The molecule has 0 N–H and O–H groups in total. The molecule has 0 amide bonds. The molecule has 0 bridgehead atoms. The van der Waals surface area contributed by atoms with Gasteiger partial charge >= 0.3 is 0 Å². The molecule has 0 aromatic carbocycles. The molecule has 1 aliphatic carbocycles. The topological polar surface area (TPSA) is 0 Å². The molecule has 1 aliphatic rings. The van der Waals surface area contributed by atoms with Gasteiger partial charge in [0, 0.05) is 0 Å². The summed E-state index contributed by atoms with van der Waals surface area (Å²) in [5, 5.41) is 0. The van der Waals surface area contributed by atoms with Gasteiger partial charge in [0.25, 0.3) is 0 Å². The van der Waals surface area contributed by atoms with Crippen LogP contribution in [-0.2, 0) is 0 Å². The molecular weight excluding hydrogens is 128 g/mol. The van der Waals surface area contributed by atoms with Crippen LogP contribution < -0.4 is 0 Å². The smallest absolute Gasteiger partial charge is 0.00125 e. The van der Waals surface area contributed by atoms with Gasteiger partial charge in [0.15, 0.2) is 0 Å². The number of rotatable bonds is 0. The average Bonchev–Trinajstić information content (AvgIpc) is 1.96. The van der Waals surface area contributed by atoms with Gasteiger partial charge < -0.3 is 0 Å². The summed E-state index contributed by atoms with van der Waals surface area (Å²) in [6.45, 7) is 6.80. The molecule has 1 atom stereocenters. The first-order valence-corrected chi connectivity index (χ1v) is 3.99. The molecule has 0 aromatic rings. The van der Waals surface area contributed by atoms with Crippen LogP contribution in [0.2, 0.25) is 0 Å². The summed E-state index contributed by atoms with van der Waals surface area (Å²) >= 11 is 5.23. The minimum absolute atomic E-state index is 0.343. The summed E-state index contributed by atoms with van der Waals surface area (Å²) in [5.74, 6) is 0.796. The predicted octanol–water partition coefficient (Wildman–Crippen LogP) is 2.81. The maximum atomic E-state index is 5.23. The zero-order valence-electron chi connectivity index (χ0n) is 6.40. The highest BCUT2D eigenvalue weighted by Gasteiger charge is 2.35. The van der Waals surface area contributed by atoms with Gasteiger partial charge in [-0.15, -0.1) is 0 Å². The van der Waals surface area contributed by atoms with Crippen molar-refractivity contribution in [2.75, 3.05) is 0 Å². The second-order valence-corrected chi connectivity index (χ2v) is 4.08. The van der Waals surface area contributed by atoms with E-state index in [0.29, 0.717) is 5.41 Å². The van der Waals surface area contributed by atoms with Crippen LogP contribution >= 0.6 is 12.2 Å². The number of hydrogen-bond donors (Lipinski definition) is 0. The van der Waals surface area contributed by atoms with Gasteiger partial charge in [-0.1, -0.05) is 33.0 Å². The third-order valence-electron chi connectivity index (χ3n) is 2.76. The van der Waals surface area contributed by atoms with Gasteiger partial charge in [-0.25, -0.2) is 0 Å². The Labute approximate surface area is 62.6 Å². The first-order valence-electron chi connectivity index (χ1n) is 3.58. The maximum Gasteiger partial charge on any atom is -0.00125 e. The van der Waals surface area contributed by atoms with E-state index in [-0.39, 0.29) is 0 Å². The van der Waals surface area contributed by atoms with Crippen molar-refractivity contribution in [2.45, 2.75) is 33.6 Å². The third-order valence-corrected chi connectivity index (χ3v) is 3.49. The van der Waals surface area contributed by atoms with E-state index in [1.807, 2.05) is 0 Å². The van der Waals surface area contributed by atoms with E-state index in [2.05, 4.69) is 20.8 Å². The summed E-state index contributed by atoms with van der Waals surface area (Å²) in [5.41, 5.74) is 0.343. The quantitative estimate of drug-likeness (QED) is 0.469. The molecular formula is C8H14S. The van der Waals surface area contributed by atoms with Gasteiger partial charge in [-0.3, -0.25) is 0 Å². The lowest BCUT2D eigenvalue weighted by atomic mass is 9.83. The van der Waals surface area contributed by atoms with Crippen LogP contribution in [0.5, 0.6) is 0 Å². The fraction of sp³-hybridized carbons (Fsp3) is 0.875. The second kappa shape index (κ2) is 2.05. The number of hydrogen-bond acceptors (Lipinski definition) is 1. The van der Waals surface area contributed by atoms with Crippen molar-refractivity contribution in [1.82, 2.24) is 0 Å². The monoisotopic (exact) mass is 142 g/mol. The Hall–Kier alpha value is 0.0900. The van der Waals surface area contributed by atoms with E-state index in [0.717, 1.165) is 5.92 Å². The minimum Gasteiger partial charge on any atom is -0.0891 e. The molecule has 0 aromatic heterocycles. The first-order chi connectivity index (χ1) is 4.05. The van der Waals surface area contributed by atoms with Crippen LogP contribution in [0.1, 0.15) is 33.6 Å². The molecule has 0 saturated heterocycles. The Balaban J connectivity index is 2.78. The molecule has 9 heavy (non-hydrogen) atoms. The predicted molar refractivity (Wildman–Crippen MR) is 44.8 cm³/mol. The van der Waals surface area contributed by atoms with Crippen molar-refractivity contribution in [1.29, 1.82) is 0 Å². The summed E-state index contributed by atoms with van der Waals surface area (Å²) < 4.78 is 0. The van der Waals surface area contributed by atoms with Crippen LogP contribution in [0.25, 0.3) is 0 Å². The van der Waals surface area contributed by atoms with Gasteiger partial charge in [-0.2, -0.15) is 0 Å². The zero-order chi connectivity index (χ0) is 7.07. The zero-order valence-corrected chi connectivity index (χ0v) is 7.22.